The molecule has 110 valence electrons. The minimum atomic E-state index is -0.920. The summed E-state index contributed by atoms with van der Waals surface area (Å²) in [6.07, 6.45) is 1.61. The standard InChI is InChI=1S/C14H21N3O3/c1-9(2)16-12-11(6-5-7-15-12)13(18)17(4)8-10(3)14(19)20/h5-7,9-10H,8H2,1-4H3,(H,15,16)(H,19,20). The lowest BCUT2D eigenvalue weighted by Gasteiger charge is -2.21. The maximum absolute atomic E-state index is 12.4. The van der Waals surface area contributed by atoms with Gasteiger partial charge >= 0.3 is 5.97 Å². The first kappa shape index (κ1) is 15.9. The number of hydrogen-bond donors (Lipinski definition) is 2. The molecule has 1 aromatic rings. The zero-order chi connectivity index (χ0) is 15.3. The van der Waals surface area contributed by atoms with E-state index in [1.165, 1.54) is 4.90 Å². The molecule has 1 unspecified atom stereocenters. The number of rotatable bonds is 6. The van der Waals surface area contributed by atoms with Crippen LogP contribution in [0.25, 0.3) is 0 Å². The van der Waals surface area contributed by atoms with Gasteiger partial charge in [0.15, 0.2) is 0 Å². The summed E-state index contributed by atoms with van der Waals surface area (Å²) in [7, 11) is 1.59. The van der Waals surface area contributed by atoms with Gasteiger partial charge in [-0.1, -0.05) is 6.92 Å². The Labute approximate surface area is 118 Å². The third kappa shape index (κ3) is 4.22. The summed E-state index contributed by atoms with van der Waals surface area (Å²) in [6, 6.07) is 3.52. The lowest BCUT2D eigenvalue weighted by atomic mass is 10.1. The molecule has 6 heteroatoms. The van der Waals surface area contributed by atoms with E-state index in [9.17, 15) is 9.59 Å². The van der Waals surface area contributed by atoms with Gasteiger partial charge < -0.3 is 15.3 Å². The van der Waals surface area contributed by atoms with E-state index in [1.807, 2.05) is 13.8 Å². The second-order valence-corrected chi connectivity index (χ2v) is 5.12. The Morgan fingerprint density at radius 2 is 2.05 bits per heavy atom. The molecule has 20 heavy (non-hydrogen) atoms. The second-order valence-electron chi connectivity index (χ2n) is 5.12. The topological polar surface area (TPSA) is 82.5 Å². The first-order valence-electron chi connectivity index (χ1n) is 6.52. The molecule has 0 bridgehead atoms. The van der Waals surface area contributed by atoms with E-state index >= 15 is 0 Å². The maximum Gasteiger partial charge on any atom is 0.308 e. The number of carbonyl (C=O) groups excluding carboxylic acids is 1. The zero-order valence-corrected chi connectivity index (χ0v) is 12.3. The predicted molar refractivity (Wildman–Crippen MR) is 76.8 cm³/mol. The van der Waals surface area contributed by atoms with Crippen molar-refractivity contribution >= 4 is 17.7 Å². The SMILES string of the molecule is CC(C)Nc1ncccc1C(=O)N(C)CC(C)C(=O)O. The van der Waals surface area contributed by atoms with Gasteiger partial charge in [-0.25, -0.2) is 4.98 Å². The van der Waals surface area contributed by atoms with Crippen molar-refractivity contribution in [1.82, 2.24) is 9.88 Å². The number of nitrogens with zero attached hydrogens (tertiary/aromatic N) is 2. The number of anilines is 1. The molecule has 0 aliphatic rings. The van der Waals surface area contributed by atoms with E-state index in [2.05, 4.69) is 10.3 Å². The number of carboxylic acid groups (broad SMARTS) is 1. The third-order valence-corrected chi connectivity index (χ3v) is 2.78. The highest BCUT2D eigenvalue weighted by Crippen LogP contribution is 2.15. The van der Waals surface area contributed by atoms with Gasteiger partial charge in [-0.15, -0.1) is 0 Å². The molecule has 0 aliphatic carbocycles. The van der Waals surface area contributed by atoms with Crippen LogP contribution in [-0.4, -0.2) is 46.5 Å². The summed E-state index contributed by atoms with van der Waals surface area (Å²) in [4.78, 5) is 28.8. The van der Waals surface area contributed by atoms with Gasteiger partial charge in [0.2, 0.25) is 0 Å². The fourth-order valence-electron chi connectivity index (χ4n) is 1.74. The van der Waals surface area contributed by atoms with Crippen molar-refractivity contribution in [2.24, 2.45) is 5.92 Å². The van der Waals surface area contributed by atoms with Crippen molar-refractivity contribution in [3.63, 3.8) is 0 Å². The van der Waals surface area contributed by atoms with E-state index in [4.69, 9.17) is 5.11 Å². The van der Waals surface area contributed by atoms with Crippen LogP contribution in [0, 0.1) is 5.92 Å². The van der Waals surface area contributed by atoms with Crippen molar-refractivity contribution in [3.8, 4) is 0 Å². The Morgan fingerprint density at radius 3 is 2.60 bits per heavy atom. The number of carbonyl (C=O) groups is 2. The summed E-state index contributed by atoms with van der Waals surface area (Å²) in [5.41, 5.74) is 0.446. The summed E-state index contributed by atoms with van der Waals surface area (Å²) >= 11 is 0. The van der Waals surface area contributed by atoms with E-state index < -0.39 is 11.9 Å². The normalized spacial score (nSPS) is 12.1. The maximum atomic E-state index is 12.4. The summed E-state index contributed by atoms with van der Waals surface area (Å²) in [5.74, 6) is -1.25. The summed E-state index contributed by atoms with van der Waals surface area (Å²) in [6.45, 7) is 5.64. The molecule has 0 fully saturated rings. The van der Waals surface area contributed by atoms with Crippen molar-refractivity contribution in [2.45, 2.75) is 26.8 Å². The number of hydrogen-bond acceptors (Lipinski definition) is 4. The van der Waals surface area contributed by atoms with E-state index in [0.29, 0.717) is 11.4 Å². The van der Waals surface area contributed by atoms with Crippen LogP contribution in [0.2, 0.25) is 0 Å². The lowest BCUT2D eigenvalue weighted by Crippen LogP contribution is -2.34. The van der Waals surface area contributed by atoms with Crippen molar-refractivity contribution in [2.75, 3.05) is 18.9 Å². The molecule has 2 N–H and O–H groups in total. The fraction of sp³-hybridized carbons (Fsp3) is 0.500. The highest BCUT2D eigenvalue weighted by atomic mass is 16.4. The first-order valence-corrected chi connectivity index (χ1v) is 6.52. The van der Waals surface area contributed by atoms with Crippen molar-refractivity contribution in [1.29, 1.82) is 0 Å². The minimum absolute atomic E-state index is 0.152. The van der Waals surface area contributed by atoms with Crippen LogP contribution in [0.15, 0.2) is 18.3 Å². The molecule has 1 rings (SSSR count). The van der Waals surface area contributed by atoms with Gasteiger partial charge in [-0.05, 0) is 26.0 Å². The molecule has 1 heterocycles. The average molecular weight is 279 g/mol. The molecule has 1 atom stereocenters. The molecule has 0 aliphatic heterocycles. The van der Waals surface area contributed by atoms with Crippen LogP contribution in [-0.2, 0) is 4.79 Å². The number of aromatic nitrogens is 1. The van der Waals surface area contributed by atoms with E-state index in [0.717, 1.165) is 0 Å². The number of amides is 1. The Balaban J connectivity index is 2.88. The smallest absolute Gasteiger partial charge is 0.308 e. The van der Waals surface area contributed by atoms with Gasteiger partial charge in [-0.2, -0.15) is 0 Å². The first-order chi connectivity index (χ1) is 9.32. The van der Waals surface area contributed by atoms with Gasteiger partial charge in [0.05, 0.1) is 11.5 Å². The van der Waals surface area contributed by atoms with Crippen molar-refractivity contribution in [3.05, 3.63) is 23.9 Å². The Morgan fingerprint density at radius 1 is 1.40 bits per heavy atom. The molecule has 1 aromatic heterocycles. The third-order valence-electron chi connectivity index (χ3n) is 2.78. The van der Waals surface area contributed by atoms with Crippen LogP contribution in [0.3, 0.4) is 0 Å². The molecule has 6 nitrogen and oxygen atoms in total. The number of carboxylic acids is 1. The summed E-state index contributed by atoms with van der Waals surface area (Å²) < 4.78 is 0. The molecule has 0 spiro atoms. The summed E-state index contributed by atoms with van der Waals surface area (Å²) in [5, 5.41) is 12.0. The van der Waals surface area contributed by atoms with Crippen LogP contribution >= 0.6 is 0 Å². The van der Waals surface area contributed by atoms with E-state index in [1.54, 1.807) is 32.3 Å². The highest BCUT2D eigenvalue weighted by Gasteiger charge is 2.21. The van der Waals surface area contributed by atoms with Gasteiger partial charge in [0.1, 0.15) is 5.82 Å². The Hall–Kier alpha value is -2.11. The van der Waals surface area contributed by atoms with Gasteiger partial charge in [0, 0.05) is 25.8 Å². The minimum Gasteiger partial charge on any atom is -0.481 e. The molecule has 0 radical (unpaired) electrons. The van der Waals surface area contributed by atoms with Crippen LogP contribution < -0.4 is 5.32 Å². The van der Waals surface area contributed by atoms with Gasteiger partial charge in [0.25, 0.3) is 5.91 Å². The molecular formula is C14H21N3O3. The molecule has 1 amide bonds. The fourth-order valence-corrected chi connectivity index (χ4v) is 1.74. The second kappa shape index (κ2) is 6.88. The highest BCUT2D eigenvalue weighted by molar-refractivity contribution is 5.98. The van der Waals surface area contributed by atoms with Crippen LogP contribution in [0.5, 0.6) is 0 Å². The molecule has 0 saturated heterocycles. The van der Waals surface area contributed by atoms with Gasteiger partial charge in [-0.3, -0.25) is 9.59 Å². The molecular weight excluding hydrogens is 258 g/mol. The number of pyridine rings is 1. The van der Waals surface area contributed by atoms with Crippen molar-refractivity contribution < 1.29 is 14.7 Å². The Kier molecular flexibility index (Phi) is 5.49. The predicted octanol–water partition coefficient (Wildman–Crippen LogP) is 1.69. The zero-order valence-electron chi connectivity index (χ0n) is 12.3. The van der Waals surface area contributed by atoms with E-state index in [-0.39, 0.29) is 18.5 Å². The molecule has 0 saturated carbocycles. The Bertz CT molecular complexity index is 488. The lowest BCUT2D eigenvalue weighted by molar-refractivity contribution is -0.141. The quantitative estimate of drug-likeness (QED) is 0.828. The number of nitrogens with one attached hydrogen (secondary N) is 1. The monoisotopic (exact) mass is 279 g/mol. The molecule has 0 aromatic carbocycles. The van der Waals surface area contributed by atoms with Crippen LogP contribution in [0.4, 0.5) is 5.82 Å². The number of aliphatic carboxylic acids is 1. The van der Waals surface area contributed by atoms with Crippen LogP contribution in [0.1, 0.15) is 31.1 Å². The largest absolute Gasteiger partial charge is 0.481 e. The average Bonchev–Trinajstić information content (AvgIpc) is 2.37.